The minimum absolute atomic E-state index is 0.693. The van der Waals surface area contributed by atoms with E-state index in [2.05, 4.69) is 25.9 Å². The average Bonchev–Trinajstić information content (AvgIpc) is 2.17. The molecule has 0 unspecified atom stereocenters. The highest BCUT2D eigenvalue weighted by Gasteiger charge is 2.02. The quantitative estimate of drug-likeness (QED) is 0.716. The van der Waals surface area contributed by atoms with Gasteiger partial charge in [0.15, 0.2) is 5.75 Å². The van der Waals surface area contributed by atoms with Gasteiger partial charge in [-0.15, -0.1) is 0 Å². The third-order valence-electron chi connectivity index (χ3n) is 1.75. The number of halogens is 1. The number of fused-ring (bicyclic) bond motifs is 1. The number of pyridine rings is 2. The van der Waals surface area contributed by atoms with Crippen molar-refractivity contribution in [2.45, 2.75) is 0 Å². The lowest BCUT2D eigenvalue weighted by molar-refractivity contribution is 0.417. The van der Waals surface area contributed by atoms with Crippen molar-refractivity contribution in [3.8, 4) is 5.75 Å². The van der Waals surface area contributed by atoms with E-state index in [9.17, 15) is 0 Å². The molecule has 0 aromatic carbocycles. The van der Waals surface area contributed by atoms with Crippen molar-refractivity contribution < 1.29 is 4.74 Å². The predicted octanol–water partition coefficient (Wildman–Crippen LogP) is 2.40. The van der Waals surface area contributed by atoms with Crippen LogP contribution in [0.15, 0.2) is 29.1 Å². The van der Waals surface area contributed by atoms with E-state index in [1.165, 1.54) is 0 Å². The Bertz CT molecular complexity index is 445. The molecule has 0 aliphatic rings. The molecule has 2 rings (SSSR count). The van der Waals surface area contributed by atoms with E-state index in [-0.39, 0.29) is 0 Å². The number of methoxy groups -OCH3 is 1. The van der Waals surface area contributed by atoms with E-state index >= 15 is 0 Å². The molecule has 2 heterocycles. The summed E-state index contributed by atoms with van der Waals surface area (Å²) >= 11 is 3.31. The highest BCUT2D eigenvalue weighted by molar-refractivity contribution is 9.10. The molecule has 0 aliphatic carbocycles. The van der Waals surface area contributed by atoms with Crippen LogP contribution < -0.4 is 4.74 Å². The van der Waals surface area contributed by atoms with Crippen molar-refractivity contribution in [3.05, 3.63) is 29.1 Å². The normalized spacial score (nSPS) is 10.3. The molecule has 0 aliphatic heterocycles. The summed E-state index contributed by atoms with van der Waals surface area (Å²) in [5.74, 6) is 0.693. The highest BCUT2D eigenvalue weighted by atomic mass is 79.9. The number of rotatable bonds is 1. The van der Waals surface area contributed by atoms with Gasteiger partial charge in [0, 0.05) is 11.6 Å². The van der Waals surface area contributed by atoms with E-state index < -0.39 is 0 Å². The number of ether oxygens (including phenoxy) is 1. The summed E-state index contributed by atoms with van der Waals surface area (Å²) in [5, 5.41) is 0.975. The molecule has 3 nitrogen and oxygen atoms in total. The van der Waals surface area contributed by atoms with Crippen LogP contribution in [0.5, 0.6) is 5.75 Å². The molecule has 0 radical (unpaired) electrons. The van der Waals surface area contributed by atoms with Gasteiger partial charge in [0.1, 0.15) is 10.1 Å². The van der Waals surface area contributed by atoms with Crippen molar-refractivity contribution in [3.63, 3.8) is 0 Å². The van der Waals surface area contributed by atoms with Crippen molar-refractivity contribution in [1.82, 2.24) is 9.97 Å². The van der Waals surface area contributed by atoms with Crippen LogP contribution in [0.4, 0.5) is 0 Å². The van der Waals surface area contributed by atoms with Crippen LogP contribution in [-0.2, 0) is 0 Å². The molecule has 0 amide bonds. The SMILES string of the molecule is COc1cncc2ccc(Br)nc12. The van der Waals surface area contributed by atoms with Gasteiger partial charge in [-0.2, -0.15) is 0 Å². The van der Waals surface area contributed by atoms with E-state index in [1.807, 2.05) is 12.1 Å². The van der Waals surface area contributed by atoms with E-state index in [4.69, 9.17) is 4.74 Å². The third kappa shape index (κ3) is 1.49. The molecule has 0 N–H and O–H groups in total. The summed E-state index contributed by atoms with van der Waals surface area (Å²) in [4.78, 5) is 8.33. The highest BCUT2D eigenvalue weighted by Crippen LogP contribution is 2.23. The molecule has 0 bridgehead atoms. The van der Waals surface area contributed by atoms with Crippen LogP contribution in [0.1, 0.15) is 0 Å². The average molecular weight is 239 g/mol. The molecule has 4 heteroatoms. The van der Waals surface area contributed by atoms with Gasteiger partial charge < -0.3 is 4.74 Å². The molecule has 0 saturated heterocycles. The first kappa shape index (κ1) is 8.44. The van der Waals surface area contributed by atoms with Crippen LogP contribution >= 0.6 is 15.9 Å². The Labute approximate surface area is 83.9 Å². The maximum Gasteiger partial charge on any atom is 0.163 e. The lowest BCUT2D eigenvalue weighted by Crippen LogP contribution is -1.89. The van der Waals surface area contributed by atoms with Gasteiger partial charge >= 0.3 is 0 Å². The fourth-order valence-electron chi connectivity index (χ4n) is 1.14. The molecule has 0 atom stereocenters. The van der Waals surface area contributed by atoms with Crippen molar-refractivity contribution in [1.29, 1.82) is 0 Å². The lowest BCUT2D eigenvalue weighted by Gasteiger charge is -2.02. The second-order valence-corrected chi connectivity index (χ2v) is 3.36. The second kappa shape index (κ2) is 3.30. The lowest BCUT2D eigenvalue weighted by atomic mass is 10.2. The zero-order chi connectivity index (χ0) is 9.26. The summed E-state index contributed by atoms with van der Waals surface area (Å²) in [7, 11) is 1.61. The van der Waals surface area contributed by atoms with E-state index in [0.717, 1.165) is 15.5 Å². The fraction of sp³-hybridized carbons (Fsp3) is 0.111. The van der Waals surface area contributed by atoms with Gasteiger partial charge in [0.2, 0.25) is 0 Å². The van der Waals surface area contributed by atoms with Crippen molar-refractivity contribution in [2.24, 2.45) is 0 Å². The Morgan fingerprint density at radius 1 is 1.31 bits per heavy atom. The van der Waals surface area contributed by atoms with E-state index in [1.54, 1.807) is 19.5 Å². The minimum atomic E-state index is 0.693. The van der Waals surface area contributed by atoms with Crippen LogP contribution in [0, 0.1) is 0 Å². The van der Waals surface area contributed by atoms with Gasteiger partial charge in [-0.3, -0.25) is 4.98 Å². The first-order valence-electron chi connectivity index (χ1n) is 3.75. The predicted molar refractivity (Wildman–Crippen MR) is 53.8 cm³/mol. The topological polar surface area (TPSA) is 35.0 Å². The fourth-order valence-corrected chi connectivity index (χ4v) is 1.45. The summed E-state index contributed by atoms with van der Waals surface area (Å²) in [6.45, 7) is 0. The molecule has 0 spiro atoms. The Balaban J connectivity index is 2.79. The third-order valence-corrected chi connectivity index (χ3v) is 2.19. The Hall–Kier alpha value is -1.16. The Kier molecular flexibility index (Phi) is 2.14. The van der Waals surface area contributed by atoms with Crippen LogP contribution in [0.3, 0.4) is 0 Å². The van der Waals surface area contributed by atoms with Gasteiger partial charge in [-0.05, 0) is 28.1 Å². The van der Waals surface area contributed by atoms with Crippen LogP contribution in [0.25, 0.3) is 10.9 Å². The first-order valence-corrected chi connectivity index (χ1v) is 4.55. The second-order valence-electron chi connectivity index (χ2n) is 2.55. The maximum absolute atomic E-state index is 5.14. The number of nitrogens with zero attached hydrogens (tertiary/aromatic N) is 2. The molecule has 66 valence electrons. The van der Waals surface area contributed by atoms with Gasteiger partial charge in [0.25, 0.3) is 0 Å². The monoisotopic (exact) mass is 238 g/mol. The molecular weight excluding hydrogens is 232 g/mol. The first-order chi connectivity index (χ1) is 6.31. The molecule has 0 saturated carbocycles. The van der Waals surface area contributed by atoms with Gasteiger partial charge in [-0.25, -0.2) is 4.98 Å². The largest absolute Gasteiger partial charge is 0.493 e. The number of hydrogen-bond acceptors (Lipinski definition) is 3. The minimum Gasteiger partial charge on any atom is -0.493 e. The summed E-state index contributed by atoms with van der Waals surface area (Å²) < 4.78 is 5.93. The Morgan fingerprint density at radius 2 is 2.15 bits per heavy atom. The van der Waals surface area contributed by atoms with Crippen molar-refractivity contribution >= 4 is 26.8 Å². The zero-order valence-electron chi connectivity index (χ0n) is 6.99. The molecule has 2 aromatic heterocycles. The van der Waals surface area contributed by atoms with Crippen molar-refractivity contribution in [2.75, 3.05) is 7.11 Å². The van der Waals surface area contributed by atoms with Crippen LogP contribution in [-0.4, -0.2) is 17.1 Å². The standard InChI is InChI=1S/C9H7BrN2O/c1-13-7-5-11-4-6-2-3-8(10)12-9(6)7/h2-5H,1H3. The van der Waals surface area contributed by atoms with Gasteiger partial charge in [0.05, 0.1) is 13.3 Å². The summed E-state index contributed by atoms with van der Waals surface area (Å²) in [6.07, 6.45) is 3.42. The van der Waals surface area contributed by atoms with E-state index in [0.29, 0.717) is 5.75 Å². The zero-order valence-corrected chi connectivity index (χ0v) is 8.58. The molecule has 13 heavy (non-hydrogen) atoms. The summed E-state index contributed by atoms with van der Waals surface area (Å²) in [6, 6.07) is 3.82. The molecule has 2 aromatic rings. The maximum atomic E-state index is 5.14. The molecular formula is C9H7BrN2O. The summed E-state index contributed by atoms with van der Waals surface area (Å²) in [5.41, 5.74) is 0.826. The Morgan fingerprint density at radius 3 is 2.92 bits per heavy atom. The molecule has 0 fully saturated rings. The van der Waals surface area contributed by atoms with Gasteiger partial charge in [-0.1, -0.05) is 0 Å². The number of aromatic nitrogens is 2. The smallest absolute Gasteiger partial charge is 0.163 e. The van der Waals surface area contributed by atoms with Crippen LogP contribution in [0.2, 0.25) is 0 Å². The number of hydrogen-bond donors (Lipinski definition) is 0.